The summed E-state index contributed by atoms with van der Waals surface area (Å²) >= 11 is 8.36. The SMILES string of the molecule is Cc1cc(Oc2ccc(CCI)cc2)ccc1Cl. The van der Waals surface area contributed by atoms with Gasteiger partial charge in [-0.2, -0.15) is 0 Å². The number of rotatable bonds is 4. The number of benzene rings is 2. The molecule has 0 aliphatic carbocycles. The monoisotopic (exact) mass is 372 g/mol. The average Bonchev–Trinajstić information content (AvgIpc) is 2.37. The molecule has 0 heterocycles. The van der Waals surface area contributed by atoms with Gasteiger partial charge in [-0.15, -0.1) is 0 Å². The van der Waals surface area contributed by atoms with Gasteiger partial charge in [-0.1, -0.05) is 46.3 Å². The molecule has 94 valence electrons. The molecule has 0 fully saturated rings. The lowest BCUT2D eigenvalue weighted by Gasteiger charge is -2.08. The van der Waals surface area contributed by atoms with Crippen molar-refractivity contribution in [3.05, 3.63) is 58.6 Å². The minimum absolute atomic E-state index is 0.764. The second-order valence-corrected chi connectivity index (χ2v) is 5.58. The van der Waals surface area contributed by atoms with Gasteiger partial charge in [0.1, 0.15) is 11.5 Å². The lowest BCUT2D eigenvalue weighted by molar-refractivity contribution is 0.482. The average molecular weight is 373 g/mol. The summed E-state index contributed by atoms with van der Waals surface area (Å²) in [5.41, 5.74) is 2.36. The molecule has 0 aliphatic heterocycles. The minimum atomic E-state index is 0.764. The molecule has 2 rings (SSSR count). The summed E-state index contributed by atoms with van der Waals surface area (Å²) < 4.78 is 6.92. The quantitative estimate of drug-likeness (QED) is 0.514. The summed E-state index contributed by atoms with van der Waals surface area (Å²) in [4.78, 5) is 0. The Kier molecular flexibility index (Phi) is 4.89. The van der Waals surface area contributed by atoms with Crippen LogP contribution in [0.15, 0.2) is 42.5 Å². The van der Waals surface area contributed by atoms with Crippen LogP contribution >= 0.6 is 34.2 Å². The molecule has 0 aliphatic rings. The van der Waals surface area contributed by atoms with E-state index in [0.717, 1.165) is 32.9 Å². The van der Waals surface area contributed by atoms with Gasteiger partial charge in [0.2, 0.25) is 0 Å². The highest BCUT2D eigenvalue weighted by Gasteiger charge is 2.01. The van der Waals surface area contributed by atoms with Crippen molar-refractivity contribution in [3.63, 3.8) is 0 Å². The van der Waals surface area contributed by atoms with Gasteiger partial charge < -0.3 is 4.74 Å². The van der Waals surface area contributed by atoms with Crippen LogP contribution in [0.3, 0.4) is 0 Å². The topological polar surface area (TPSA) is 9.23 Å². The third-order valence-electron chi connectivity index (χ3n) is 2.67. The zero-order valence-corrected chi connectivity index (χ0v) is 13.0. The maximum Gasteiger partial charge on any atom is 0.127 e. The highest BCUT2D eigenvalue weighted by molar-refractivity contribution is 14.1. The molecule has 0 spiro atoms. The number of aryl methyl sites for hydroxylation is 2. The van der Waals surface area contributed by atoms with E-state index in [1.54, 1.807) is 0 Å². The predicted octanol–water partition coefficient (Wildman–Crippen LogP) is 5.42. The third-order valence-corrected chi connectivity index (χ3v) is 3.64. The fourth-order valence-corrected chi connectivity index (χ4v) is 2.39. The molecule has 0 unspecified atom stereocenters. The second-order valence-electron chi connectivity index (χ2n) is 4.10. The highest BCUT2D eigenvalue weighted by atomic mass is 127. The number of alkyl halides is 1. The second kappa shape index (κ2) is 6.43. The van der Waals surface area contributed by atoms with E-state index in [4.69, 9.17) is 16.3 Å². The normalized spacial score (nSPS) is 10.4. The zero-order valence-electron chi connectivity index (χ0n) is 10.1. The maximum atomic E-state index is 5.98. The van der Waals surface area contributed by atoms with Crippen LogP contribution in [0.5, 0.6) is 11.5 Å². The molecule has 0 radical (unpaired) electrons. The fraction of sp³-hybridized carbons (Fsp3) is 0.200. The smallest absolute Gasteiger partial charge is 0.127 e. The lowest BCUT2D eigenvalue weighted by atomic mass is 10.2. The van der Waals surface area contributed by atoms with Crippen molar-refractivity contribution >= 4 is 34.2 Å². The molecule has 0 saturated carbocycles. The molecule has 0 atom stereocenters. The molecule has 0 amide bonds. The standard InChI is InChI=1S/C15H14ClIO/c1-11-10-14(6-7-15(11)16)18-13-4-2-12(3-5-13)8-9-17/h2-7,10H,8-9H2,1H3. The molecule has 3 heteroatoms. The van der Waals surface area contributed by atoms with E-state index in [1.807, 2.05) is 37.3 Å². The van der Waals surface area contributed by atoms with Crippen LogP contribution in [0.4, 0.5) is 0 Å². The molecule has 0 saturated heterocycles. The van der Waals surface area contributed by atoms with Crippen LogP contribution in [0, 0.1) is 6.92 Å². The van der Waals surface area contributed by atoms with Gasteiger partial charge in [0.05, 0.1) is 0 Å². The van der Waals surface area contributed by atoms with E-state index >= 15 is 0 Å². The van der Waals surface area contributed by atoms with Crippen LogP contribution in [-0.2, 0) is 6.42 Å². The first-order valence-corrected chi connectivity index (χ1v) is 7.68. The molecule has 0 bridgehead atoms. The van der Waals surface area contributed by atoms with Gasteiger partial charge in [0.25, 0.3) is 0 Å². The lowest BCUT2D eigenvalue weighted by Crippen LogP contribution is -1.88. The highest BCUT2D eigenvalue weighted by Crippen LogP contribution is 2.26. The first-order chi connectivity index (χ1) is 8.69. The van der Waals surface area contributed by atoms with Gasteiger partial charge in [0, 0.05) is 9.45 Å². The molecule has 0 N–H and O–H groups in total. The summed E-state index contributed by atoms with van der Waals surface area (Å²) in [5.74, 6) is 1.67. The van der Waals surface area contributed by atoms with E-state index in [0.29, 0.717) is 0 Å². The predicted molar refractivity (Wildman–Crippen MR) is 85.3 cm³/mol. The van der Waals surface area contributed by atoms with Gasteiger partial charge in [0.15, 0.2) is 0 Å². The Morgan fingerprint density at radius 3 is 2.33 bits per heavy atom. The first kappa shape index (κ1) is 13.7. The van der Waals surface area contributed by atoms with Crippen LogP contribution in [-0.4, -0.2) is 4.43 Å². The maximum absolute atomic E-state index is 5.98. The van der Waals surface area contributed by atoms with Crippen molar-refractivity contribution in [3.8, 4) is 11.5 Å². The molecule has 1 nitrogen and oxygen atoms in total. The van der Waals surface area contributed by atoms with Crippen LogP contribution in [0.2, 0.25) is 5.02 Å². The Labute approximate surface area is 126 Å². The van der Waals surface area contributed by atoms with Crippen molar-refractivity contribution in [2.24, 2.45) is 0 Å². The Hall–Kier alpha value is -0.740. The van der Waals surface area contributed by atoms with E-state index in [9.17, 15) is 0 Å². The largest absolute Gasteiger partial charge is 0.457 e. The number of hydrogen-bond acceptors (Lipinski definition) is 1. The summed E-state index contributed by atoms with van der Waals surface area (Å²) in [6.07, 6.45) is 1.10. The van der Waals surface area contributed by atoms with Crippen molar-refractivity contribution in [2.75, 3.05) is 4.43 Å². The molecule has 0 aromatic heterocycles. The van der Waals surface area contributed by atoms with E-state index in [1.165, 1.54) is 5.56 Å². The molecule has 2 aromatic carbocycles. The number of hydrogen-bond donors (Lipinski definition) is 0. The summed E-state index contributed by atoms with van der Waals surface area (Å²) in [5, 5.41) is 0.764. The van der Waals surface area contributed by atoms with E-state index in [2.05, 4.69) is 34.7 Å². The Morgan fingerprint density at radius 2 is 1.72 bits per heavy atom. The van der Waals surface area contributed by atoms with Crippen molar-refractivity contribution in [2.45, 2.75) is 13.3 Å². The number of halogens is 2. The fourth-order valence-electron chi connectivity index (χ4n) is 1.65. The summed E-state index contributed by atoms with van der Waals surface area (Å²) in [6, 6.07) is 13.9. The van der Waals surface area contributed by atoms with Gasteiger partial charge in [-0.05, 0) is 54.8 Å². The number of ether oxygens (including phenoxy) is 1. The summed E-state index contributed by atoms with van der Waals surface area (Å²) in [6.45, 7) is 1.97. The Balaban J connectivity index is 2.10. The molecular weight excluding hydrogens is 359 g/mol. The van der Waals surface area contributed by atoms with Crippen molar-refractivity contribution < 1.29 is 4.74 Å². The molecule has 18 heavy (non-hydrogen) atoms. The van der Waals surface area contributed by atoms with Crippen LogP contribution in [0.1, 0.15) is 11.1 Å². The van der Waals surface area contributed by atoms with Gasteiger partial charge in [-0.25, -0.2) is 0 Å². The zero-order chi connectivity index (χ0) is 13.0. The van der Waals surface area contributed by atoms with Gasteiger partial charge >= 0.3 is 0 Å². The van der Waals surface area contributed by atoms with Crippen LogP contribution < -0.4 is 4.74 Å². The van der Waals surface area contributed by atoms with Crippen LogP contribution in [0.25, 0.3) is 0 Å². The van der Waals surface area contributed by atoms with E-state index < -0.39 is 0 Å². The Morgan fingerprint density at radius 1 is 1.06 bits per heavy atom. The van der Waals surface area contributed by atoms with Crippen molar-refractivity contribution in [1.82, 2.24) is 0 Å². The third kappa shape index (κ3) is 3.62. The van der Waals surface area contributed by atoms with E-state index in [-0.39, 0.29) is 0 Å². The Bertz CT molecular complexity index is 523. The first-order valence-electron chi connectivity index (χ1n) is 5.78. The summed E-state index contributed by atoms with van der Waals surface area (Å²) in [7, 11) is 0. The minimum Gasteiger partial charge on any atom is -0.457 e. The molecular formula is C15H14ClIO. The van der Waals surface area contributed by atoms with Gasteiger partial charge in [-0.3, -0.25) is 0 Å². The van der Waals surface area contributed by atoms with Crippen molar-refractivity contribution in [1.29, 1.82) is 0 Å². The molecule has 2 aromatic rings.